The maximum absolute atomic E-state index is 13.8. The molecule has 0 radical (unpaired) electrons. The van der Waals surface area contributed by atoms with Gasteiger partial charge in [0.05, 0.1) is 56.7 Å². The summed E-state index contributed by atoms with van der Waals surface area (Å²) in [6.07, 6.45) is 5.91. The van der Waals surface area contributed by atoms with Gasteiger partial charge in [-0.3, -0.25) is 9.59 Å². The molecule has 17 heteroatoms. The van der Waals surface area contributed by atoms with E-state index in [1.165, 1.54) is 14.2 Å². The van der Waals surface area contributed by atoms with Gasteiger partial charge in [0.2, 0.25) is 5.91 Å². The fourth-order valence-corrected chi connectivity index (χ4v) is 7.88. The molecule has 3 aliphatic rings. The second kappa shape index (κ2) is 18.4. The number of carbonyl (C=O) groups excluding carboxylic acids is 4. The van der Waals surface area contributed by atoms with Gasteiger partial charge in [0.15, 0.2) is 0 Å². The number of aromatic nitrogens is 4. The number of halogens is 2. The number of carbonyl (C=O) groups is 4. The van der Waals surface area contributed by atoms with Crippen LogP contribution in [0.1, 0.15) is 69.7 Å². The molecule has 3 saturated heterocycles. The Labute approximate surface area is 343 Å². The Balaban J connectivity index is 0.00000310. The van der Waals surface area contributed by atoms with E-state index in [0.29, 0.717) is 31.9 Å². The Morgan fingerprint density at radius 2 is 1.26 bits per heavy atom. The zero-order chi connectivity index (χ0) is 38.7. The molecule has 57 heavy (non-hydrogen) atoms. The first-order valence-electron chi connectivity index (χ1n) is 18.8. The zero-order valence-corrected chi connectivity index (χ0v) is 34.0. The van der Waals surface area contributed by atoms with Gasteiger partial charge in [-0.15, -0.1) is 24.8 Å². The lowest BCUT2D eigenvalue weighted by Gasteiger charge is -2.34. The Kier molecular flexibility index (Phi) is 13.9. The lowest BCUT2D eigenvalue weighted by atomic mass is 9.96. The maximum Gasteiger partial charge on any atom is 0.407 e. The van der Waals surface area contributed by atoms with Crippen molar-refractivity contribution in [1.29, 1.82) is 0 Å². The smallest absolute Gasteiger partial charge is 0.407 e. The van der Waals surface area contributed by atoms with Crippen LogP contribution in [-0.4, -0.2) is 106 Å². The molecule has 4 N–H and O–H groups in total. The summed E-state index contributed by atoms with van der Waals surface area (Å²) in [5.74, 6) is 0.995. The van der Waals surface area contributed by atoms with Gasteiger partial charge < -0.3 is 44.6 Å². The number of amides is 4. The Morgan fingerprint density at radius 3 is 1.74 bits per heavy atom. The number of aromatic amines is 2. The second-order valence-corrected chi connectivity index (χ2v) is 14.7. The van der Waals surface area contributed by atoms with Gasteiger partial charge >= 0.3 is 12.2 Å². The van der Waals surface area contributed by atoms with Crippen molar-refractivity contribution >= 4 is 48.8 Å². The van der Waals surface area contributed by atoms with Crippen molar-refractivity contribution < 1.29 is 33.4 Å². The minimum Gasteiger partial charge on any atom is -0.453 e. The van der Waals surface area contributed by atoms with E-state index in [-0.39, 0.29) is 61.2 Å². The van der Waals surface area contributed by atoms with Gasteiger partial charge in [0.25, 0.3) is 5.91 Å². The average Bonchev–Trinajstić information content (AvgIpc) is 4.06. The molecular formula is C40H50Cl2N8O7. The normalized spacial score (nSPS) is 20.7. The first kappa shape index (κ1) is 43.0. The first-order valence-corrected chi connectivity index (χ1v) is 18.8. The van der Waals surface area contributed by atoms with Crippen molar-refractivity contribution in [3.63, 3.8) is 0 Å². The SMILES string of the molecule is COC(=O)NC(C(=O)N1CCCC1c1ncc(-c2ccc(-c3ccc(-c4cnc(C5CCCN5C(=O)C5(NC(=O)OC)CCOC5)[nH]4)cc3)cc2)[nH]1)C(C)C.Cl.Cl. The molecule has 4 amide bonds. The van der Waals surface area contributed by atoms with Crippen LogP contribution in [0, 0.1) is 5.92 Å². The maximum atomic E-state index is 13.8. The summed E-state index contributed by atoms with van der Waals surface area (Å²) >= 11 is 0. The Morgan fingerprint density at radius 1 is 0.772 bits per heavy atom. The minimum atomic E-state index is -1.15. The highest BCUT2D eigenvalue weighted by atomic mass is 35.5. The number of nitrogens with zero attached hydrogens (tertiary/aromatic N) is 4. The van der Waals surface area contributed by atoms with E-state index in [4.69, 9.17) is 14.2 Å². The lowest BCUT2D eigenvalue weighted by molar-refractivity contribution is -0.139. The highest BCUT2D eigenvalue weighted by Gasteiger charge is 2.49. The molecule has 306 valence electrons. The fraction of sp³-hybridized carbons (Fsp3) is 0.450. The minimum absolute atomic E-state index is 0. The molecule has 2 aromatic heterocycles. The van der Waals surface area contributed by atoms with Crippen LogP contribution in [0.5, 0.6) is 0 Å². The van der Waals surface area contributed by atoms with Gasteiger partial charge in [-0.2, -0.15) is 0 Å². The topological polar surface area (TPSA) is 184 Å². The van der Waals surface area contributed by atoms with Crippen molar-refractivity contribution in [2.75, 3.05) is 40.5 Å². The summed E-state index contributed by atoms with van der Waals surface area (Å²) < 4.78 is 15.1. The summed E-state index contributed by atoms with van der Waals surface area (Å²) in [7, 11) is 2.57. The molecule has 15 nitrogen and oxygen atoms in total. The number of H-pyrrole nitrogens is 2. The largest absolute Gasteiger partial charge is 0.453 e. The van der Waals surface area contributed by atoms with Crippen LogP contribution in [0.25, 0.3) is 33.6 Å². The number of likely N-dealkylation sites (tertiary alicyclic amines) is 2. The van der Waals surface area contributed by atoms with E-state index in [1.54, 1.807) is 22.2 Å². The average molecular weight is 826 g/mol. The highest BCUT2D eigenvalue weighted by molar-refractivity contribution is 5.91. The van der Waals surface area contributed by atoms with E-state index in [0.717, 1.165) is 65.1 Å². The van der Waals surface area contributed by atoms with Gasteiger partial charge in [0, 0.05) is 26.1 Å². The Bertz CT molecular complexity index is 2010. The number of imidazole rings is 2. The van der Waals surface area contributed by atoms with Crippen molar-refractivity contribution in [2.45, 2.75) is 69.6 Å². The number of ether oxygens (including phenoxy) is 3. The van der Waals surface area contributed by atoms with E-state index >= 15 is 0 Å². The summed E-state index contributed by atoms with van der Waals surface area (Å²) in [4.78, 5) is 71.2. The van der Waals surface area contributed by atoms with Crippen molar-refractivity contribution in [3.8, 4) is 33.6 Å². The van der Waals surface area contributed by atoms with Gasteiger partial charge in [0.1, 0.15) is 23.2 Å². The van der Waals surface area contributed by atoms with Crippen LogP contribution in [0.15, 0.2) is 60.9 Å². The summed E-state index contributed by atoms with van der Waals surface area (Å²) in [6, 6.07) is 15.3. The van der Waals surface area contributed by atoms with Crippen LogP contribution < -0.4 is 10.6 Å². The van der Waals surface area contributed by atoms with Crippen molar-refractivity contribution in [2.24, 2.45) is 5.92 Å². The van der Waals surface area contributed by atoms with E-state index < -0.39 is 23.8 Å². The molecule has 4 aromatic rings. The molecule has 0 spiro atoms. The molecule has 4 unspecified atom stereocenters. The molecule has 0 saturated carbocycles. The number of rotatable bonds is 10. The monoisotopic (exact) mass is 824 g/mol. The fourth-order valence-electron chi connectivity index (χ4n) is 7.88. The van der Waals surface area contributed by atoms with Crippen LogP contribution >= 0.6 is 24.8 Å². The molecular weight excluding hydrogens is 775 g/mol. The van der Waals surface area contributed by atoms with Crippen LogP contribution in [0.2, 0.25) is 0 Å². The number of nitrogens with one attached hydrogen (secondary N) is 4. The molecule has 7 rings (SSSR count). The van der Waals surface area contributed by atoms with Gasteiger partial charge in [-0.05, 0) is 53.9 Å². The summed E-state index contributed by atoms with van der Waals surface area (Å²) in [5.41, 5.74) is 4.59. The van der Waals surface area contributed by atoms with E-state index in [1.807, 2.05) is 38.1 Å². The number of methoxy groups -OCH3 is 2. The number of hydrogen-bond acceptors (Lipinski definition) is 9. The molecule has 4 atom stereocenters. The molecule has 0 bridgehead atoms. The zero-order valence-electron chi connectivity index (χ0n) is 32.4. The predicted molar refractivity (Wildman–Crippen MR) is 217 cm³/mol. The summed E-state index contributed by atoms with van der Waals surface area (Å²) in [5, 5.41) is 5.43. The standard InChI is InChI=1S/C40H48N8O7.2ClH/c1-24(2)33(45-38(51)53-3)36(49)47-18-5-7-31(47)34-41-21-29(43-34)27-13-9-25(10-14-27)26-11-15-28(16-12-26)30-22-42-35(44-30)32-8-6-19-48(32)37(50)40(17-20-55-23-40)46-39(52)54-4;;/h9-16,21-22,24,31-33H,5-8,17-20,23H2,1-4H3,(H,41,43)(H,42,44)(H,45,51)(H,46,52);2*1H. The number of alkyl carbamates (subject to hydrolysis) is 2. The quantitative estimate of drug-likeness (QED) is 0.145. The molecule has 3 fully saturated rings. The molecule has 0 aliphatic carbocycles. The van der Waals surface area contributed by atoms with E-state index in [9.17, 15) is 19.2 Å². The number of benzene rings is 2. The van der Waals surface area contributed by atoms with Crippen LogP contribution in [0.3, 0.4) is 0 Å². The highest BCUT2D eigenvalue weighted by Crippen LogP contribution is 2.36. The van der Waals surface area contributed by atoms with Gasteiger partial charge in [-0.1, -0.05) is 62.4 Å². The van der Waals surface area contributed by atoms with Crippen LogP contribution in [-0.2, 0) is 23.8 Å². The molecule has 2 aromatic carbocycles. The molecule has 5 heterocycles. The third-order valence-electron chi connectivity index (χ3n) is 10.9. The van der Waals surface area contributed by atoms with Gasteiger partial charge in [-0.25, -0.2) is 19.6 Å². The summed E-state index contributed by atoms with van der Waals surface area (Å²) in [6.45, 7) is 5.44. The number of hydrogen-bond donors (Lipinski definition) is 4. The third kappa shape index (κ3) is 8.90. The van der Waals surface area contributed by atoms with E-state index in [2.05, 4.69) is 54.8 Å². The predicted octanol–water partition coefficient (Wildman–Crippen LogP) is 6.20. The first-order chi connectivity index (χ1) is 26.6. The van der Waals surface area contributed by atoms with Crippen molar-refractivity contribution in [1.82, 2.24) is 40.4 Å². The van der Waals surface area contributed by atoms with Crippen molar-refractivity contribution in [3.05, 3.63) is 72.6 Å². The van der Waals surface area contributed by atoms with Crippen LogP contribution in [0.4, 0.5) is 9.59 Å². The Hall–Kier alpha value is -5.12. The second-order valence-electron chi connectivity index (χ2n) is 14.7. The molecule has 3 aliphatic heterocycles. The lowest BCUT2D eigenvalue weighted by Crippen LogP contribution is -2.60. The third-order valence-corrected chi connectivity index (χ3v) is 10.9.